The number of carbonyl (C=O) groups excluding carboxylic acids is 1. The van der Waals surface area contributed by atoms with E-state index in [9.17, 15) is 13.6 Å². The first-order valence-electron chi connectivity index (χ1n) is 6.37. The largest absolute Gasteiger partial charge is 0.462 e. The summed E-state index contributed by atoms with van der Waals surface area (Å²) < 4.78 is 50.1. The van der Waals surface area contributed by atoms with Crippen molar-refractivity contribution in [3.05, 3.63) is 11.8 Å². The maximum absolute atomic E-state index is 13.0. The highest BCUT2D eigenvalue weighted by molar-refractivity contribution is 5.71. The van der Waals surface area contributed by atoms with Gasteiger partial charge in [0, 0.05) is 14.2 Å². The number of hydrogen-bond acceptors (Lipinski definition) is 6. The van der Waals surface area contributed by atoms with E-state index in [2.05, 4.69) is 4.74 Å². The molecule has 0 aromatic carbocycles. The Morgan fingerprint density at radius 3 is 2.24 bits per heavy atom. The van der Waals surface area contributed by atoms with Crippen molar-refractivity contribution >= 4 is 5.97 Å². The Kier molecular flexibility index (Phi) is 10.7. The zero-order chi connectivity index (χ0) is 16.3. The molecule has 0 rings (SSSR count). The topological polar surface area (TPSA) is 63.2 Å². The maximum Gasteiger partial charge on any atom is 0.332 e. The van der Waals surface area contributed by atoms with Gasteiger partial charge in [0.25, 0.3) is 0 Å². The third kappa shape index (κ3) is 8.59. The minimum absolute atomic E-state index is 0.202. The Hall–Kier alpha value is -1.25. The molecule has 124 valence electrons. The lowest BCUT2D eigenvalue weighted by Crippen LogP contribution is -2.29. The monoisotopic (exact) mass is 312 g/mol. The van der Waals surface area contributed by atoms with Gasteiger partial charge in [-0.2, -0.15) is 8.78 Å². The van der Waals surface area contributed by atoms with Gasteiger partial charge in [-0.05, 0) is 5.92 Å². The second kappa shape index (κ2) is 11.4. The van der Waals surface area contributed by atoms with Gasteiger partial charge >= 0.3 is 12.0 Å². The molecular formula is C13H22F2O6. The lowest BCUT2D eigenvalue weighted by molar-refractivity contribution is -0.157. The molecule has 0 N–H and O–H groups in total. The molecule has 0 bridgehead atoms. The molecule has 0 aliphatic carbocycles. The van der Waals surface area contributed by atoms with Gasteiger partial charge < -0.3 is 23.7 Å². The Morgan fingerprint density at radius 2 is 1.76 bits per heavy atom. The minimum Gasteiger partial charge on any atom is -0.462 e. The van der Waals surface area contributed by atoms with Crippen LogP contribution in [-0.4, -0.2) is 52.9 Å². The second-order valence-corrected chi connectivity index (χ2v) is 4.38. The standard InChI is InChI=1S/C13H22F2O6/c1-9(2)11(21-10(16)7-18-4)12(13(14)15)20-8-19-6-5-17-3/h9,11H,5-8H2,1-4H3. The summed E-state index contributed by atoms with van der Waals surface area (Å²) in [6, 6.07) is 0. The van der Waals surface area contributed by atoms with Gasteiger partial charge in [-0.3, -0.25) is 0 Å². The SMILES string of the molecule is COCCOCOC(=C(F)F)C(OC(=O)COC)C(C)C. The lowest BCUT2D eigenvalue weighted by atomic mass is 10.1. The molecule has 0 saturated carbocycles. The highest BCUT2D eigenvalue weighted by atomic mass is 19.3. The lowest BCUT2D eigenvalue weighted by Gasteiger charge is -2.23. The van der Waals surface area contributed by atoms with E-state index in [-0.39, 0.29) is 20.0 Å². The zero-order valence-electron chi connectivity index (χ0n) is 12.7. The number of halogens is 2. The highest BCUT2D eigenvalue weighted by Gasteiger charge is 2.28. The van der Waals surface area contributed by atoms with E-state index < -0.39 is 29.8 Å². The summed E-state index contributed by atoms with van der Waals surface area (Å²) >= 11 is 0. The van der Waals surface area contributed by atoms with Crippen LogP contribution in [0, 0.1) is 5.92 Å². The molecule has 6 nitrogen and oxygen atoms in total. The average Bonchev–Trinajstić information content (AvgIpc) is 2.40. The van der Waals surface area contributed by atoms with E-state index in [4.69, 9.17) is 18.9 Å². The maximum atomic E-state index is 13.0. The van der Waals surface area contributed by atoms with E-state index in [1.165, 1.54) is 14.2 Å². The fourth-order valence-corrected chi connectivity index (χ4v) is 1.34. The van der Waals surface area contributed by atoms with Crippen LogP contribution in [0.25, 0.3) is 0 Å². The fourth-order valence-electron chi connectivity index (χ4n) is 1.34. The molecule has 0 aliphatic heterocycles. The molecule has 0 aliphatic rings. The van der Waals surface area contributed by atoms with Gasteiger partial charge in [0.05, 0.1) is 13.2 Å². The Morgan fingerprint density at radius 1 is 1.10 bits per heavy atom. The van der Waals surface area contributed by atoms with E-state index in [1.807, 2.05) is 0 Å². The van der Waals surface area contributed by atoms with Crippen LogP contribution in [0.4, 0.5) is 8.78 Å². The molecule has 8 heteroatoms. The third-order valence-electron chi connectivity index (χ3n) is 2.30. The quantitative estimate of drug-likeness (QED) is 0.251. The predicted octanol–water partition coefficient (Wildman–Crippen LogP) is 1.95. The molecule has 0 aromatic heterocycles. The van der Waals surface area contributed by atoms with Crippen LogP contribution in [0.15, 0.2) is 11.8 Å². The number of methoxy groups -OCH3 is 2. The van der Waals surface area contributed by atoms with Gasteiger partial charge in [-0.1, -0.05) is 13.8 Å². The van der Waals surface area contributed by atoms with E-state index in [0.29, 0.717) is 6.61 Å². The Labute approximate surface area is 122 Å². The number of hydrogen-bond donors (Lipinski definition) is 0. The summed E-state index contributed by atoms with van der Waals surface area (Å²) in [6.45, 7) is 3.06. The predicted molar refractivity (Wildman–Crippen MR) is 69.6 cm³/mol. The van der Waals surface area contributed by atoms with Crippen LogP contribution in [0.2, 0.25) is 0 Å². The Bertz CT molecular complexity index is 329. The fraction of sp³-hybridized carbons (Fsp3) is 0.769. The molecule has 0 radical (unpaired) electrons. The first kappa shape index (κ1) is 19.8. The summed E-state index contributed by atoms with van der Waals surface area (Å²) in [5, 5.41) is 0. The zero-order valence-corrected chi connectivity index (χ0v) is 12.7. The van der Waals surface area contributed by atoms with Gasteiger partial charge in [0.1, 0.15) is 6.61 Å². The molecular weight excluding hydrogens is 290 g/mol. The van der Waals surface area contributed by atoms with Crippen LogP contribution in [0.1, 0.15) is 13.8 Å². The molecule has 0 saturated heterocycles. The van der Waals surface area contributed by atoms with Crippen molar-refractivity contribution in [1.82, 2.24) is 0 Å². The molecule has 0 heterocycles. The van der Waals surface area contributed by atoms with Gasteiger partial charge in [0.15, 0.2) is 12.9 Å². The van der Waals surface area contributed by atoms with Crippen molar-refractivity contribution in [3.63, 3.8) is 0 Å². The van der Waals surface area contributed by atoms with Crippen molar-refractivity contribution in [2.75, 3.05) is 40.8 Å². The van der Waals surface area contributed by atoms with Crippen LogP contribution in [-0.2, 0) is 28.5 Å². The number of ether oxygens (including phenoxy) is 5. The summed E-state index contributed by atoms with van der Waals surface area (Å²) in [6.07, 6.45) is -3.27. The van der Waals surface area contributed by atoms with Crippen molar-refractivity contribution in [2.45, 2.75) is 20.0 Å². The van der Waals surface area contributed by atoms with E-state index in [1.54, 1.807) is 13.8 Å². The normalized spacial score (nSPS) is 12.1. The van der Waals surface area contributed by atoms with Gasteiger partial charge in [-0.25, -0.2) is 4.79 Å². The second-order valence-electron chi connectivity index (χ2n) is 4.38. The van der Waals surface area contributed by atoms with Gasteiger partial charge in [0.2, 0.25) is 5.76 Å². The smallest absolute Gasteiger partial charge is 0.332 e. The molecule has 21 heavy (non-hydrogen) atoms. The van der Waals surface area contributed by atoms with Crippen LogP contribution < -0.4 is 0 Å². The summed E-state index contributed by atoms with van der Waals surface area (Å²) in [7, 11) is 2.79. The van der Waals surface area contributed by atoms with Crippen molar-refractivity contribution in [3.8, 4) is 0 Å². The number of esters is 1. The van der Waals surface area contributed by atoms with Crippen LogP contribution in [0.5, 0.6) is 0 Å². The van der Waals surface area contributed by atoms with Crippen molar-refractivity contribution < 1.29 is 37.3 Å². The summed E-state index contributed by atoms with van der Waals surface area (Å²) in [5.41, 5.74) is 0. The molecule has 1 atom stereocenters. The van der Waals surface area contributed by atoms with Gasteiger partial charge in [-0.15, -0.1) is 0 Å². The van der Waals surface area contributed by atoms with Crippen LogP contribution >= 0.6 is 0 Å². The van der Waals surface area contributed by atoms with Crippen molar-refractivity contribution in [2.24, 2.45) is 5.92 Å². The van der Waals surface area contributed by atoms with Crippen molar-refractivity contribution in [1.29, 1.82) is 0 Å². The molecule has 0 amide bonds. The first-order chi connectivity index (χ1) is 9.93. The van der Waals surface area contributed by atoms with E-state index in [0.717, 1.165) is 0 Å². The first-order valence-corrected chi connectivity index (χ1v) is 6.37. The number of rotatable bonds is 11. The summed E-state index contributed by atoms with van der Waals surface area (Å²) in [5.74, 6) is -1.87. The molecule has 1 unspecified atom stereocenters. The molecule has 0 aromatic rings. The summed E-state index contributed by atoms with van der Waals surface area (Å²) in [4.78, 5) is 11.4. The third-order valence-corrected chi connectivity index (χ3v) is 2.30. The molecule has 0 fully saturated rings. The number of carbonyl (C=O) groups is 1. The average molecular weight is 312 g/mol. The Balaban J connectivity index is 4.63. The van der Waals surface area contributed by atoms with E-state index >= 15 is 0 Å². The molecule has 0 spiro atoms. The highest BCUT2D eigenvalue weighted by Crippen LogP contribution is 2.23. The minimum atomic E-state index is -2.06. The van der Waals surface area contributed by atoms with Crippen LogP contribution in [0.3, 0.4) is 0 Å².